The van der Waals surface area contributed by atoms with Crippen LogP contribution in [0.15, 0.2) is 73.1 Å². The van der Waals surface area contributed by atoms with Gasteiger partial charge in [-0.05, 0) is 100 Å². The molecule has 0 saturated carbocycles. The maximum atomic E-state index is 13.1. The van der Waals surface area contributed by atoms with Crippen LogP contribution >= 0.6 is 0 Å². The minimum Gasteiger partial charge on any atom is -0.382 e. The predicted octanol–water partition coefficient (Wildman–Crippen LogP) is 5.85. The number of nitrogens with zero attached hydrogens (tertiary/aromatic N) is 4. The molecule has 1 aliphatic heterocycles. The van der Waals surface area contributed by atoms with E-state index in [0.29, 0.717) is 37.1 Å². The number of carbonyl (C=O) groups is 2. The summed E-state index contributed by atoms with van der Waals surface area (Å²) in [6, 6.07) is 19.6. The number of nitrogens with one attached hydrogen (secondary N) is 2. The summed E-state index contributed by atoms with van der Waals surface area (Å²) in [6.07, 6.45) is 6.59. The van der Waals surface area contributed by atoms with Crippen molar-refractivity contribution in [1.82, 2.24) is 19.8 Å². The highest BCUT2D eigenvalue weighted by molar-refractivity contribution is 6.04. The number of likely N-dealkylation sites (tertiary alicyclic amines) is 1. The van der Waals surface area contributed by atoms with E-state index in [0.717, 1.165) is 54.6 Å². The van der Waals surface area contributed by atoms with Crippen LogP contribution in [-0.4, -0.2) is 73.3 Å². The molecule has 0 bridgehead atoms. The summed E-state index contributed by atoms with van der Waals surface area (Å²) in [4.78, 5) is 34.4. The van der Waals surface area contributed by atoms with Gasteiger partial charge in [-0.3, -0.25) is 9.36 Å². The Morgan fingerprint density at radius 1 is 1.02 bits per heavy atom. The third-order valence-corrected chi connectivity index (χ3v) is 7.95. The SMILES string of the molecule is CCOCCCN(c1ccnc(NC(=O)c2ccc(C3CCN(C)CC3)cc2)c1)c1ccc2c(ccn2C(=O)NC)c1. The van der Waals surface area contributed by atoms with Crippen molar-refractivity contribution in [3.63, 3.8) is 0 Å². The summed E-state index contributed by atoms with van der Waals surface area (Å²) < 4.78 is 7.20. The average molecular weight is 569 g/mol. The number of ether oxygens (including phenoxy) is 1. The van der Waals surface area contributed by atoms with Crippen LogP contribution in [0.5, 0.6) is 0 Å². The fourth-order valence-electron chi connectivity index (χ4n) is 5.56. The fourth-order valence-corrected chi connectivity index (χ4v) is 5.56. The van der Waals surface area contributed by atoms with E-state index in [1.54, 1.807) is 24.0 Å². The van der Waals surface area contributed by atoms with E-state index in [9.17, 15) is 9.59 Å². The summed E-state index contributed by atoms with van der Waals surface area (Å²) in [5, 5.41) is 6.61. The zero-order chi connectivity index (χ0) is 29.5. The van der Waals surface area contributed by atoms with Crippen molar-refractivity contribution < 1.29 is 14.3 Å². The number of aromatic nitrogens is 2. The van der Waals surface area contributed by atoms with Gasteiger partial charge in [0, 0.05) is 67.6 Å². The molecule has 0 atom stereocenters. The highest BCUT2D eigenvalue weighted by Crippen LogP contribution is 2.31. The molecule has 1 aliphatic rings. The normalized spacial score (nSPS) is 14.2. The number of pyridine rings is 1. The molecule has 0 spiro atoms. The first-order chi connectivity index (χ1) is 20.5. The summed E-state index contributed by atoms with van der Waals surface area (Å²) >= 11 is 0. The van der Waals surface area contributed by atoms with Crippen molar-refractivity contribution in [3.8, 4) is 0 Å². The summed E-state index contributed by atoms with van der Waals surface area (Å²) in [7, 11) is 3.78. The summed E-state index contributed by atoms with van der Waals surface area (Å²) in [5.41, 5.74) is 4.61. The lowest BCUT2D eigenvalue weighted by Gasteiger charge is -2.29. The molecule has 2 N–H and O–H groups in total. The fraction of sp³-hybridized carbons (Fsp3) is 0.364. The molecule has 0 radical (unpaired) electrons. The molecule has 9 nitrogen and oxygen atoms in total. The number of hydrogen-bond acceptors (Lipinski definition) is 6. The highest BCUT2D eigenvalue weighted by atomic mass is 16.5. The number of carbonyl (C=O) groups excluding carboxylic acids is 2. The van der Waals surface area contributed by atoms with Crippen molar-refractivity contribution in [3.05, 3.63) is 84.2 Å². The monoisotopic (exact) mass is 568 g/mol. The molecule has 2 amide bonds. The molecular formula is C33H40N6O3. The lowest BCUT2D eigenvalue weighted by molar-refractivity contribution is 0.102. The van der Waals surface area contributed by atoms with Crippen LogP contribution in [0.2, 0.25) is 0 Å². The van der Waals surface area contributed by atoms with Crippen molar-refractivity contribution in [2.24, 2.45) is 0 Å². The van der Waals surface area contributed by atoms with Crippen molar-refractivity contribution in [1.29, 1.82) is 0 Å². The quantitative estimate of drug-likeness (QED) is 0.233. The van der Waals surface area contributed by atoms with Gasteiger partial charge in [-0.25, -0.2) is 9.78 Å². The number of fused-ring (bicyclic) bond motifs is 1. The average Bonchev–Trinajstić information content (AvgIpc) is 3.45. The maximum absolute atomic E-state index is 13.1. The van der Waals surface area contributed by atoms with Gasteiger partial charge >= 0.3 is 6.03 Å². The Balaban J connectivity index is 1.34. The minimum absolute atomic E-state index is 0.183. The molecule has 2 aromatic carbocycles. The van der Waals surface area contributed by atoms with E-state index < -0.39 is 0 Å². The van der Waals surface area contributed by atoms with E-state index in [4.69, 9.17) is 4.74 Å². The molecule has 3 heterocycles. The number of rotatable bonds is 10. The van der Waals surface area contributed by atoms with Crippen LogP contribution in [0.4, 0.5) is 22.0 Å². The molecule has 5 rings (SSSR count). The van der Waals surface area contributed by atoms with Gasteiger partial charge in [0.1, 0.15) is 5.82 Å². The number of hydrogen-bond donors (Lipinski definition) is 2. The van der Waals surface area contributed by atoms with Gasteiger partial charge < -0.3 is 25.2 Å². The Bertz CT molecular complexity index is 1510. The van der Waals surface area contributed by atoms with Gasteiger partial charge in [-0.2, -0.15) is 0 Å². The van der Waals surface area contributed by atoms with E-state index in [-0.39, 0.29) is 11.9 Å². The number of anilines is 3. The third kappa shape index (κ3) is 6.80. The second-order valence-electron chi connectivity index (χ2n) is 10.7. The topological polar surface area (TPSA) is 91.7 Å². The van der Waals surface area contributed by atoms with Crippen LogP contribution in [0.25, 0.3) is 10.9 Å². The first-order valence-electron chi connectivity index (χ1n) is 14.7. The molecular weight excluding hydrogens is 528 g/mol. The smallest absolute Gasteiger partial charge is 0.325 e. The molecule has 0 aliphatic carbocycles. The van der Waals surface area contributed by atoms with Crippen molar-refractivity contribution in [2.75, 3.05) is 57.2 Å². The standard InChI is InChI=1S/C33H40N6O3/c1-4-42-21-5-17-38(28-10-11-30-27(22-28)15-20-39(30)33(41)34-2)29-12-16-35-31(23-29)36-32(40)26-8-6-24(7-9-26)25-13-18-37(3)19-14-25/h6-12,15-16,20,22-23,25H,4-5,13-14,17-19,21H2,1-3H3,(H,34,41)(H,35,36,40). The third-order valence-electron chi connectivity index (χ3n) is 7.95. The van der Waals surface area contributed by atoms with Crippen molar-refractivity contribution in [2.45, 2.75) is 32.1 Å². The van der Waals surface area contributed by atoms with Gasteiger partial charge in [0.15, 0.2) is 0 Å². The molecule has 42 heavy (non-hydrogen) atoms. The lowest BCUT2D eigenvalue weighted by atomic mass is 9.89. The van der Waals surface area contributed by atoms with E-state index in [1.807, 2.05) is 49.4 Å². The van der Waals surface area contributed by atoms with Crippen LogP contribution in [0.3, 0.4) is 0 Å². The Morgan fingerprint density at radius 3 is 2.52 bits per heavy atom. The zero-order valence-corrected chi connectivity index (χ0v) is 24.7. The molecule has 1 saturated heterocycles. The van der Waals surface area contributed by atoms with Crippen molar-refractivity contribution >= 4 is 40.0 Å². The summed E-state index contributed by atoms with van der Waals surface area (Å²) in [5.74, 6) is 0.847. The number of amides is 2. The number of piperidine rings is 1. The van der Waals surface area contributed by atoms with Gasteiger partial charge in [0.05, 0.1) is 5.52 Å². The molecule has 9 heteroatoms. The van der Waals surface area contributed by atoms with E-state index >= 15 is 0 Å². The van der Waals surface area contributed by atoms with E-state index in [1.165, 1.54) is 5.56 Å². The van der Waals surface area contributed by atoms with Crippen LogP contribution < -0.4 is 15.5 Å². The Kier molecular flexibility index (Phi) is 9.51. The van der Waals surface area contributed by atoms with Gasteiger partial charge in [0.25, 0.3) is 5.91 Å². The predicted molar refractivity (Wildman–Crippen MR) is 168 cm³/mol. The number of benzene rings is 2. The Hall–Kier alpha value is -4.21. The van der Waals surface area contributed by atoms with E-state index in [2.05, 4.69) is 50.7 Å². The maximum Gasteiger partial charge on any atom is 0.325 e. The molecule has 1 fully saturated rings. The first-order valence-corrected chi connectivity index (χ1v) is 14.7. The summed E-state index contributed by atoms with van der Waals surface area (Å²) in [6.45, 7) is 6.22. The molecule has 2 aromatic heterocycles. The largest absolute Gasteiger partial charge is 0.382 e. The Labute approximate surface area is 247 Å². The Morgan fingerprint density at radius 2 is 1.79 bits per heavy atom. The second kappa shape index (κ2) is 13.6. The van der Waals surface area contributed by atoms with Gasteiger partial charge in [-0.15, -0.1) is 0 Å². The molecule has 4 aromatic rings. The molecule has 220 valence electrons. The van der Waals surface area contributed by atoms with Gasteiger partial charge in [0.2, 0.25) is 0 Å². The van der Waals surface area contributed by atoms with Crippen LogP contribution in [0.1, 0.15) is 48.0 Å². The minimum atomic E-state index is -0.186. The molecule has 0 unspecified atom stereocenters. The first kappa shape index (κ1) is 29.3. The van der Waals surface area contributed by atoms with Crippen LogP contribution in [-0.2, 0) is 4.74 Å². The van der Waals surface area contributed by atoms with Gasteiger partial charge in [-0.1, -0.05) is 12.1 Å². The zero-order valence-electron chi connectivity index (χ0n) is 24.7. The lowest BCUT2D eigenvalue weighted by Crippen LogP contribution is -2.29. The second-order valence-corrected chi connectivity index (χ2v) is 10.7. The van der Waals surface area contributed by atoms with Crippen LogP contribution in [0, 0.1) is 0 Å². The highest BCUT2D eigenvalue weighted by Gasteiger charge is 2.19.